The van der Waals surface area contributed by atoms with E-state index in [9.17, 15) is 4.89 Å². The zero-order chi connectivity index (χ0) is 40.7. The molecule has 0 bridgehead atoms. The van der Waals surface area contributed by atoms with Gasteiger partial charge in [0.05, 0.1) is 0 Å². The van der Waals surface area contributed by atoms with Gasteiger partial charge in [0.1, 0.15) is 23.0 Å². The van der Waals surface area contributed by atoms with Crippen LogP contribution in [0.5, 0.6) is 23.0 Å². The second-order valence-corrected chi connectivity index (χ2v) is 18.5. The highest BCUT2D eigenvalue weighted by atomic mass is 31.2. The maximum Gasteiger partial charge on any atom is 0.569 e. The lowest BCUT2D eigenvalue weighted by atomic mass is 9.89. The van der Waals surface area contributed by atoms with Gasteiger partial charge in [-0.05, 0) is 68.1 Å². The van der Waals surface area contributed by atoms with Gasteiger partial charge in [0.25, 0.3) is 0 Å². The quantitative estimate of drug-likeness (QED) is 0.179. The first-order valence-electron chi connectivity index (χ1n) is 19.9. The normalized spacial score (nSPS) is 17.7. The largest absolute Gasteiger partial charge is 0.569 e. The van der Waals surface area contributed by atoms with Crippen LogP contribution in [0.3, 0.4) is 0 Å². The van der Waals surface area contributed by atoms with Gasteiger partial charge in [0, 0.05) is 43.8 Å². The number of rotatable bonds is 3. The van der Waals surface area contributed by atoms with Gasteiger partial charge in [-0.25, -0.2) is 4.57 Å². The highest BCUT2D eigenvalue weighted by molar-refractivity contribution is 7.64. The van der Waals surface area contributed by atoms with Gasteiger partial charge in [-0.15, -0.1) is 0 Å². The van der Waals surface area contributed by atoms with Crippen LogP contribution in [0.2, 0.25) is 0 Å². The first kappa shape index (κ1) is 35.8. The standard InChI is InChI=1S/C52H33NO6P2/c54-60(56-49-39-23-11-7-19-35(39)27-29-43(49)47-45(33-15-3-1-4-16-33)31-37-21-9-13-25-41(37)51(47)58-60)53-61(55)57-50-40-24-12-8-20-36(40)28-30-44(50)48-46(34-17-5-2-6-18-34)32-38-22-10-14-26-42(38)52(48)59-61/h1-32,54H. The van der Waals surface area contributed by atoms with Crippen molar-refractivity contribution in [2.75, 3.05) is 0 Å². The van der Waals surface area contributed by atoms with Crippen LogP contribution in [0.15, 0.2) is 199 Å². The average molecular weight is 830 g/mol. The molecule has 2 aliphatic heterocycles. The molecule has 7 nitrogen and oxygen atoms in total. The summed E-state index contributed by atoms with van der Waals surface area (Å²) in [5, 5.41) is 6.32. The molecule has 0 saturated carbocycles. The summed E-state index contributed by atoms with van der Waals surface area (Å²) < 4.78 is 47.9. The second-order valence-electron chi connectivity index (χ2n) is 15.2. The van der Waals surface area contributed by atoms with Crippen molar-refractivity contribution in [3.63, 3.8) is 0 Å². The van der Waals surface area contributed by atoms with E-state index in [1.54, 1.807) is 0 Å². The Kier molecular flexibility index (Phi) is 8.04. The average Bonchev–Trinajstić information content (AvgIpc) is 3.52. The molecule has 0 radical (unpaired) electrons. The summed E-state index contributed by atoms with van der Waals surface area (Å²) in [7, 11) is -9.48. The second kappa shape index (κ2) is 13.7. The third-order valence-corrected chi connectivity index (χ3v) is 15.0. The fraction of sp³-hybridized carbons (Fsp3) is 0. The third-order valence-electron chi connectivity index (χ3n) is 11.5. The molecule has 10 aromatic rings. The van der Waals surface area contributed by atoms with Gasteiger partial charge in [-0.1, -0.05) is 174 Å². The van der Waals surface area contributed by atoms with Gasteiger partial charge in [0.2, 0.25) is 0 Å². The molecule has 12 rings (SSSR count). The fourth-order valence-electron chi connectivity index (χ4n) is 8.84. The summed E-state index contributed by atoms with van der Waals surface area (Å²) in [4.78, 5) is 13.2. The minimum atomic E-state index is -4.83. The first-order chi connectivity index (χ1) is 29.9. The summed E-state index contributed by atoms with van der Waals surface area (Å²) in [5.74, 6) is 1.30. The zero-order valence-corrected chi connectivity index (χ0v) is 34.1. The predicted molar refractivity (Wildman–Crippen MR) is 246 cm³/mol. The SMILES string of the molecule is O=P1(N=P2(O)Oc3c(ccc4ccccc34)-c3c(-c4ccccc4)cc4ccccc4c3O2)Oc2c(ccc3ccccc23)-c2c(-c3ccccc3)cc3ccccc3c2O1. The van der Waals surface area contributed by atoms with Crippen molar-refractivity contribution in [3.05, 3.63) is 194 Å². The summed E-state index contributed by atoms with van der Waals surface area (Å²) >= 11 is 0. The maximum absolute atomic E-state index is 16.0. The van der Waals surface area contributed by atoms with Crippen LogP contribution in [0.4, 0.5) is 0 Å². The van der Waals surface area contributed by atoms with Crippen molar-refractivity contribution in [2.45, 2.75) is 0 Å². The summed E-state index contributed by atoms with van der Waals surface area (Å²) in [6.45, 7) is 0. The molecule has 2 unspecified atom stereocenters. The Bertz CT molecular complexity index is 3560. The molecule has 0 amide bonds. The van der Waals surface area contributed by atoms with Crippen molar-refractivity contribution in [1.82, 2.24) is 0 Å². The first-order valence-corrected chi connectivity index (χ1v) is 23.0. The fourth-order valence-corrected chi connectivity index (χ4v) is 12.3. The van der Waals surface area contributed by atoms with E-state index in [-0.39, 0.29) is 0 Å². The van der Waals surface area contributed by atoms with Gasteiger partial charge in [0.15, 0.2) is 0 Å². The van der Waals surface area contributed by atoms with Gasteiger partial charge >= 0.3 is 15.5 Å². The molecule has 0 aromatic heterocycles. The topological polar surface area (TPSA) is 86.6 Å². The van der Waals surface area contributed by atoms with Gasteiger partial charge in [-0.2, -0.15) is 0 Å². The number of fused-ring (bicyclic) bond motifs is 14. The Balaban J connectivity index is 1.17. The van der Waals surface area contributed by atoms with E-state index in [2.05, 4.69) is 12.1 Å². The Hall–Kier alpha value is -7.14. The van der Waals surface area contributed by atoms with E-state index in [4.69, 9.17) is 22.6 Å². The van der Waals surface area contributed by atoms with E-state index in [0.29, 0.717) is 56.0 Å². The van der Waals surface area contributed by atoms with Gasteiger partial charge < -0.3 is 18.1 Å². The lowest BCUT2D eigenvalue weighted by Crippen LogP contribution is -2.04. The van der Waals surface area contributed by atoms with Crippen molar-refractivity contribution in [1.29, 1.82) is 0 Å². The van der Waals surface area contributed by atoms with E-state index >= 15 is 4.57 Å². The number of nitrogens with zero attached hydrogens (tertiary/aromatic N) is 1. The number of benzene rings is 10. The van der Waals surface area contributed by atoms with Crippen LogP contribution < -0.4 is 18.1 Å². The summed E-state index contributed by atoms with van der Waals surface area (Å²) in [5.41, 5.74) is 6.34. The van der Waals surface area contributed by atoms with Crippen LogP contribution in [0, 0.1) is 0 Å². The molecular formula is C52H33NO6P2. The highest BCUT2D eigenvalue weighted by Gasteiger charge is 2.44. The van der Waals surface area contributed by atoms with Crippen LogP contribution in [-0.4, -0.2) is 4.89 Å². The lowest BCUT2D eigenvalue weighted by Gasteiger charge is -2.22. The van der Waals surface area contributed by atoms with Crippen molar-refractivity contribution < 1.29 is 27.6 Å². The van der Waals surface area contributed by atoms with E-state index < -0.39 is 15.5 Å². The summed E-state index contributed by atoms with van der Waals surface area (Å²) in [6, 6.07) is 63.4. The van der Waals surface area contributed by atoms with Crippen LogP contribution in [0.1, 0.15) is 0 Å². The molecule has 9 heteroatoms. The minimum Gasteiger partial charge on any atom is -0.408 e. The van der Waals surface area contributed by atoms with E-state index in [0.717, 1.165) is 54.6 Å². The molecule has 0 saturated heterocycles. The predicted octanol–water partition coefficient (Wildman–Crippen LogP) is 15.3. The van der Waals surface area contributed by atoms with Crippen molar-refractivity contribution in [2.24, 2.45) is 4.52 Å². The Labute approximate surface area is 350 Å². The lowest BCUT2D eigenvalue weighted by molar-refractivity contribution is 0.363. The highest BCUT2D eigenvalue weighted by Crippen LogP contribution is 2.69. The molecule has 61 heavy (non-hydrogen) atoms. The van der Waals surface area contributed by atoms with Crippen molar-refractivity contribution in [3.8, 4) is 67.5 Å². The third kappa shape index (κ3) is 5.85. The monoisotopic (exact) mass is 829 g/mol. The molecule has 2 aliphatic rings. The number of hydrogen-bond donors (Lipinski definition) is 1. The Morgan fingerprint density at radius 3 is 1.21 bits per heavy atom. The van der Waals surface area contributed by atoms with Crippen molar-refractivity contribution >= 4 is 58.6 Å². The van der Waals surface area contributed by atoms with E-state index in [1.165, 1.54) is 0 Å². The Morgan fingerprint density at radius 1 is 0.361 bits per heavy atom. The number of hydrogen-bond acceptors (Lipinski definition) is 5. The molecule has 0 spiro atoms. The smallest absolute Gasteiger partial charge is 0.408 e. The van der Waals surface area contributed by atoms with Gasteiger partial charge in [-0.3, -0.25) is 4.89 Å². The molecule has 0 fully saturated rings. The molecule has 0 aliphatic carbocycles. The molecular weight excluding hydrogens is 797 g/mol. The van der Waals surface area contributed by atoms with Crippen LogP contribution >= 0.6 is 15.5 Å². The summed E-state index contributed by atoms with van der Waals surface area (Å²) in [6.07, 6.45) is 0. The molecule has 292 valence electrons. The molecule has 1 N–H and O–H groups in total. The molecule has 10 aromatic carbocycles. The Morgan fingerprint density at radius 2 is 0.721 bits per heavy atom. The van der Waals surface area contributed by atoms with E-state index in [1.807, 2.05) is 182 Å². The van der Waals surface area contributed by atoms with Crippen LogP contribution in [-0.2, 0) is 4.57 Å². The maximum atomic E-state index is 16.0. The minimum absolute atomic E-state index is 0.306. The van der Waals surface area contributed by atoms with Crippen LogP contribution in [0.25, 0.3) is 87.6 Å². The zero-order valence-electron chi connectivity index (χ0n) is 32.3. The molecule has 2 atom stereocenters. The molecule has 2 heterocycles.